The average molecular weight is 237 g/mol. The molecule has 0 radical (unpaired) electrons. The van der Waals surface area contributed by atoms with Gasteiger partial charge in [-0.25, -0.2) is 0 Å². The van der Waals surface area contributed by atoms with Gasteiger partial charge in [-0.15, -0.1) is 0 Å². The van der Waals surface area contributed by atoms with Gasteiger partial charge in [0.25, 0.3) is 0 Å². The van der Waals surface area contributed by atoms with Crippen molar-refractivity contribution in [3.05, 3.63) is 28.8 Å². The zero-order valence-corrected chi connectivity index (χ0v) is 11.5. The van der Waals surface area contributed by atoms with E-state index in [1.807, 2.05) is 0 Å². The van der Waals surface area contributed by atoms with Crippen molar-refractivity contribution in [1.82, 2.24) is 0 Å². The molecule has 0 saturated carbocycles. The van der Waals surface area contributed by atoms with Crippen molar-refractivity contribution < 1.29 is 5.48 Å². The summed E-state index contributed by atoms with van der Waals surface area (Å²) in [4.78, 5) is 0. The third kappa shape index (κ3) is 4.04. The van der Waals surface area contributed by atoms with E-state index in [1.165, 1.54) is 48.8 Å². The van der Waals surface area contributed by atoms with Crippen LogP contribution in [0.4, 0.5) is 5.69 Å². The van der Waals surface area contributed by atoms with Crippen molar-refractivity contribution in [2.45, 2.75) is 59.3 Å². The van der Waals surface area contributed by atoms with Crippen LogP contribution < -0.4 is 5.73 Å². The summed E-state index contributed by atoms with van der Waals surface area (Å²) in [7, 11) is 0. The topological polar surface area (TPSA) is 57.5 Å². The quantitative estimate of drug-likeness (QED) is 0.758. The summed E-state index contributed by atoms with van der Waals surface area (Å²) in [6.07, 6.45) is 7.08. The molecular weight excluding hydrogens is 210 g/mol. The molecule has 0 unspecified atom stereocenters. The first-order chi connectivity index (χ1) is 7.74. The molecule has 0 bridgehead atoms. The van der Waals surface area contributed by atoms with Crippen LogP contribution >= 0.6 is 0 Å². The lowest BCUT2D eigenvalue weighted by Gasteiger charge is -2.16. The van der Waals surface area contributed by atoms with E-state index in [4.69, 9.17) is 5.73 Å². The van der Waals surface area contributed by atoms with Crippen LogP contribution in [-0.4, -0.2) is 5.48 Å². The Morgan fingerprint density at radius 2 is 1.35 bits per heavy atom. The number of aryl methyl sites for hydroxylation is 1. The lowest BCUT2D eigenvalue weighted by molar-refractivity contribution is 0.824. The van der Waals surface area contributed by atoms with Crippen LogP contribution in [0.15, 0.2) is 12.1 Å². The van der Waals surface area contributed by atoms with E-state index < -0.39 is 0 Å². The third-order valence-corrected chi connectivity index (χ3v) is 3.08. The van der Waals surface area contributed by atoms with Crippen LogP contribution in [0.2, 0.25) is 0 Å². The molecule has 0 aliphatic rings. The summed E-state index contributed by atoms with van der Waals surface area (Å²) in [5, 5.41) is 0. The molecule has 0 fully saturated rings. The summed E-state index contributed by atoms with van der Waals surface area (Å²) in [5.41, 5.74) is 11.6. The number of nitrogen functional groups attached to an aromatic ring is 1. The first-order valence-electron chi connectivity index (χ1n) is 6.63. The van der Waals surface area contributed by atoms with Crippen molar-refractivity contribution in [3.63, 3.8) is 0 Å². The summed E-state index contributed by atoms with van der Waals surface area (Å²) < 4.78 is 0. The highest BCUT2D eigenvalue weighted by Crippen LogP contribution is 2.25. The molecule has 2 nitrogen and oxygen atoms in total. The molecule has 0 aromatic heterocycles. The van der Waals surface area contributed by atoms with Crippen molar-refractivity contribution in [2.24, 2.45) is 0 Å². The maximum absolute atomic E-state index is 6.10. The number of anilines is 1. The van der Waals surface area contributed by atoms with Crippen LogP contribution in [0, 0.1) is 0 Å². The number of nitrogens with two attached hydrogens (primary N) is 1. The molecule has 0 amide bonds. The molecule has 17 heavy (non-hydrogen) atoms. The Labute approximate surface area is 106 Å². The standard InChI is InChI=1S/C15H25N.H2O/c1-4-7-12-10-11-15(16)14(9-6-3)13(12)8-5-2;/h10-11H,4-9,16H2,1-3H3;1H2. The Bertz CT molecular complexity index is 334. The van der Waals surface area contributed by atoms with Crippen LogP contribution in [0.25, 0.3) is 0 Å². The monoisotopic (exact) mass is 237 g/mol. The van der Waals surface area contributed by atoms with Gasteiger partial charge in [0, 0.05) is 5.69 Å². The summed E-state index contributed by atoms with van der Waals surface area (Å²) in [6, 6.07) is 4.32. The van der Waals surface area contributed by atoms with Gasteiger partial charge in [0.05, 0.1) is 0 Å². The fraction of sp³-hybridized carbons (Fsp3) is 0.600. The second-order valence-electron chi connectivity index (χ2n) is 4.52. The highest BCUT2D eigenvalue weighted by atomic mass is 16.0. The van der Waals surface area contributed by atoms with Gasteiger partial charge in [-0.3, -0.25) is 0 Å². The van der Waals surface area contributed by atoms with Crippen LogP contribution in [0.3, 0.4) is 0 Å². The smallest absolute Gasteiger partial charge is 0.0349 e. The Balaban J connectivity index is 0.00000256. The molecule has 0 atom stereocenters. The lowest BCUT2D eigenvalue weighted by atomic mass is 9.91. The number of rotatable bonds is 6. The van der Waals surface area contributed by atoms with Crippen LogP contribution in [0.5, 0.6) is 0 Å². The number of hydrogen-bond acceptors (Lipinski definition) is 1. The molecule has 2 heteroatoms. The van der Waals surface area contributed by atoms with E-state index in [0.29, 0.717) is 0 Å². The van der Waals surface area contributed by atoms with Crippen LogP contribution in [0.1, 0.15) is 56.7 Å². The minimum absolute atomic E-state index is 0. The summed E-state index contributed by atoms with van der Waals surface area (Å²) in [5.74, 6) is 0. The Hall–Kier alpha value is -1.02. The van der Waals surface area contributed by atoms with Gasteiger partial charge in [-0.1, -0.05) is 46.1 Å². The van der Waals surface area contributed by atoms with Crippen molar-refractivity contribution in [2.75, 3.05) is 5.73 Å². The predicted molar refractivity (Wildman–Crippen MR) is 76.5 cm³/mol. The SMILES string of the molecule is CCCc1ccc(N)c(CCC)c1CCC.O. The van der Waals surface area contributed by atoms with Crippen molar-refractivity contribution >= 4 is 5.69 Å². The van der Waals surface area contributed by atoms with E-state index in [2.05, 4.69) is 32.9 Å². The van der Waals surface area contributed by atoms with Gasteiger partial charge in [0.15, 0.2) is 0 Å². The fourth-order valence-corrected chi connectivity index (χ4v) is 2.37. The second kappa shape index (κ2) is 8.13. The first-order valence-corrected chi connectivity index (χ1v) is 6.63. The molecule has 0 saturated heterocycles. The molecule has 0 aliphatic heterocycles. The highest BCUT2D eigenvalue weighted by molar-refractivity contribution is 5.54. The van der Waals surface area contributed by atoms with Crippen molar-refractivity contribution in [1.29, 1.82) is 0 Å². The fourth-order valence-electron chi connectivity index (χ4n) is 2.37. The van der Waals surface area contributed by atoms with E-state index in [9.17, 15) is 0 Å². The lowest BCUT2D eigenvalue weighted by Crippen LogP contribution is -2.04. The third-order valence-electron chi connectivity index (χ3n) is 3.08. The van der Waals surface area contributed by atoms with Gasteiger partial charge in [0.1, 0.15) is 0 Å². The minimum Gasteiger partial charge on any atom is -0.412 e. The van der Waals surface area contributed by atoms with Crippen molar-refractivity contribution in [3.8, 4) is 0 Å². The number of benzene rings is 1. The largest absolute Gasteiger partial charge is 0.412 e. The molecule has 0 spiro atoms. The molecular formula is C15H27NO. The molecule has 1 rings (SSSR count). The van der Waals surface area contributed by atoms with E-state index in [-0.39, 0.29) is 5.48 Å². The van der Waals surface area contributed by atoms with E-state index in [1.54, 1.807) is 0 Å². The first kappa shape index (κ1) is 16.0. The van der Waals surface area contributed by atoms with Gasteiger partial charge >= 0.3 is 0 Å². The number of hydrogen-bond donors (Lipinski definition) is 1. The normalized spacial score (nSPS) is 10.1. The maximum Gasteiger partial charge on any atom is 0.0349 e. The summed E-state index contributed by atoms with van der Waals surface area (Å²) in [6.45, 7) is 6.71. The van der Waals surface area contributed by atoms with Gasteiger partial charge in [-0.2, -0.15) is 0 Å². The Morgan fingerprint density at radius 3 is 1.88 bits per heavy atom. The van der Waals surface area contributed by atoms with Gasteiger partial charge < -0.3 is 11.2 Å². The molecule has 98 valence electrons. The molecule has 4 N–H and O–H groups in total. The zero-order valence-electron chi connectivity index (χ0n) is 11.5. The van der Waals surface area contributed by atoms with Crippen LogP contribution in [-0.2, 0) is 19.3 Å². The molecule has 1 aromatic rings. The summed E-state index contributed by atoms with van der Waals surface area (Å²) >= 11 is 0. The molecule has 1 aromatic carbocycles. The van der Waals surface area contributed by atoms with E-state index >= 15 is 0 Å². The van der Waals surface area contributed by atoms with E-state index in [0.717, 1.165) is 12.1 Å². The predicted octanol–water partition coefficient (Wildman–Crippen LogP) is 3.30. The van der Waals surface area contributed by atoms with Gasteiger partial charge in [-0.05, 0) is 42.0 Å². The average Bonchev–Trinajstić information content (AvgIpc) is 2.27. The second-order valence-corrected chi connectivity index (χ2v) is 4.52. The highest BCUT2D eigenvalue weighted by Gasteiger charge is 2.09. The molecule has 0 heterocycles. The Morgan fingerprint density at radius 1 is 0.824 bits per heavy atom. The zero-order chi connectivity index (χ0) is 12.0. The minimum atomic E-state index is 0. The maximum atomic E-state index is 6.10. The Kier molecular flexibility index (Phi) is 7.64. The molecule has 0 aliphatic carbocycles. The van der Waals surface area contributed by atoms with Gasteiger partial charge in [0.2, 0.25) is 0 Å².